The fraction of sp³-hybridized carbons (Fsp3) is 0.469. The number of anilines is 1. The number of ether oxygens (including phenoxy) is 2. The van der Waals surface area contributed by atoms with E-state index in [-0.39, 0.29) is 17.9 Å². The molecule has 1 saturated heterocycles. The summed E-state index contributed by atoms with van der Waals surface area (Å²) in [5.41, 5.74) is 2.88. The highest BCUT2D eigenvalue weighted by Gasteiger charge is 2.36. The molecule has 1 aromatic carbocycles. The first-order valence-electron chi connectivity index (χ1n) is 14.0. The Kier molecular flexibility index (Phi) is 9.70. The number of aromatic nitrogens is 2. The van der Waals surface area contributed by atoms with Gasteiger partial charge in [0.1, 0.15) is 0 Å². The van der Waals surface area contributed by atoms with Crippen LogP contribution < -0.4 is 9.64 Å². The van der Waals surface area contributed by atoms with Crippen molar-refractivity contribution in [3.8, 4) is 17.0 Å². The van der Waals surface area contributed by atoms with Crippen molar-refractivity contribution in [3.63, 3.8) is 0 Å². The number of carboxylic acid groups (broad SMARTS) is 1. The summed E-state index contributed by atoms with van der Waals surface area (Å²) in [5.74, 6) is -1.91. The van der Waals surface area contributed by atoms with E-state index in [9.17, 15) is 9.90 Å². The summed E-state index contributed by atoms with van der Waals surface area (Å²) in [4.78, 5) is 23.6. The average Bonchev–Trinajstić information content (AvgIpc) is 2.89. The Morgan fingerprint density at radius 3 is 2.36 bits per heavy atom. The second-order valence-electron chi connectivity index (χ2n) is 12.4. The minimum absolute atomic E-state index is 0.127. The van der Waals surface area contributed by atoms with Gasteiger partial charge in [-0.1, -0.05) is 43.1 Å². The Morgan fingerprint density at radius 1 is 1.14 bits per heavy atom. The normalized spacial score (nSPS) is 15.9. The van der Waals surface area contributed by atoms with Crippen molar-refractivity contribution in [1.29, 1.82) is 0 Å². The number of aryl methyl sites for hydroxylation is 1. The molecule has 42 heavy (non-hydrogen) atoms. The number of aliphatic carboxylic acids is 1. The molecule has 1 N–H and O–H groups in total. The lowest BCUT2D eigenvalue weighted by atomic mass is 9.82. The van der Waals surface area contributed by atoms with Gasteiger partial charge < -0.3 is 19.5 Å². The molecule has 0 spiro atoms. The van der Waals surface area contributed by atoms with Crippen molar-refractivity contribution >= 4 is 34.9 Å². The first-order chi connectivity index (χ1) is 19.7. The van der Waals surface area contributed by atoms with Crippen molar-refractivity contribution in [2.24, 2.45) is 5.41 Å². The highest BCUT2D eigenvalue weighted by Crippen LogP contribution is 2.43. The zero-order chi connectivity index (χ0) is 30.8. The SMILES string of the molecule is Cc1ncc(-c2cnc(OCCc3c(Cl)cccc3Cl)c(F)c2)c(N2CCC(C)(C)CC2)c1C(OC(C)(C)C)C(=O)O. The van der Waals surface area contributed by atoms with E-state index in [1.54, 1.807) is 31.3 Å². The van der Waals surface area contributed by atoms with Gasteiger partial charge in [0.15, 0.2) is 11.9 Å². The van der Waals surface area contributed by atoms with Crippen LogP contribution in [0.15, 0.2) is 36.7 Å². The van der Waals surface area contributed by atoms with Crippen LogP contribution in [0.25, 0.3) is 11.1 Å². The Balaban J connectivity index is 1.72. The topological polar surface area (TPSA) is 84.8 Å². The predicted octanol–water partition coefficient (Wildman–Crippen LogP) is 8.09. The van der Waals surface area contributed by atoms with Crippen LogP contribution in [0.5, 0.6) is 5.88 Å². The van der Waals surface area contributed by atoms with Gasteiger partial charge in [0.2, 0.25) is 5.88 Å². The smallest absolute Gasteiger partial charge is 0.337 e. The van der Waals surface area contributed by atoms with E-state index < -0.39 is 23.5 Å². The molecule has 226 valence electrons. The molecule has 0 bridgehead atoms. The third-order valence-electron chi connectivity index (χ3n) is 7.45. The quantitative estimate of drug-likeness (QED) is 0.260. The van der Waals surface area contributed by atoms with Gasteiger partial charge in [0.05, 0.1) is 17.9 Å². The molecule has 10 heteroatoms. The fourth-order valence-corrected chi connectivity index (χ4v) is 5.68. The van der Waals surface area contributed by atoms with Gasteiger partial charge in [-0.3, -0.25) is 4.98 Å². The highest BCUT2D eigenvalue weighted by atomic mass is 35.5. The molecule has 3 heterocycles. The van der Waals surface area contributed by atoms with Crippen LogP contribution in [0.2, 0.25) is 10.0 Å². The van der Waals surface area contributed by atoms with Gasteiger partial charge in [-0.05, 0) is 69.7 Å². The summed E-state index contributed by atoms with van der Waals surface area (Å²) in [6, 6.07) is 6.58. The monoisotopic (exact) mass is 617 g/mol. The van der Waals surface area contributed by atoms with Crippen LogP contribution in [0.3, 0.4) is 0 Å². The van der Waals surface area contributed by atoms with Crippen LogP contribution in [0.1, 0.15) is 70.4 Å². The lowest BCUT2D eigenvalue weighted by Gasteiger charge is -2.40. The standard InChI is InChI=1S/C32H38Cl2FN3O4/c1-19-26(28(30(39)40)42-31(2,3)4)27(38-13-11-32(5,6)12-14-38)22(18-36-19)20-16-25(35)29(37-17-20)41-15-10-21-23(33)8-7-9-24(21)34/h7-9,16-18,28H,10-15H2,1-6H3,(H,39,40). The van der Waals surface area contributed by atoms with Crippen molar-refractivity contribution < 1.29 is 23.8 Å². The molecule has 4 rings (SSSR count). The Hall–Kier alpha value is -2.94. The summed E-state index contributed by atoms with van der Waals surface area (Å²) < 4.78 is 27.1. The van der Waals surface area contributed by atoms with Crippen LogP contribution >= 0.6 is 23.2 Å². The molecule has 1 unspecified atom stereocenters. The number of hydrogen-bond acceptors (Lipinski definition) is 6. The zero-order valence-electron chi connectivity index (χ0n) is 24.9. The van der Waals surface area contributed by atoms with Crippen molar-refractivity contribution in [1.82, 2.24) is 9.97 Å². The molecule has 1 fully saturated rings. The van der Waals surface area contributed by atoms with Crippen LogP contribution in [-0.4, -0.2) is 46.3 Å². The number of halogens is 3. The lowest BCUT2D eigenvalue weighted by Crippen LogP contribution is -2.39. The number of carbonyl (C=O) groups is 1. The van der Waals surface area contributed by atoms with Gasteiger partial charge in [-0.15, -0.1) is 0 Å². The molecule has 3 aromatic rings. The average molecular weight is 619 g/mol. The molecule has 0 amide bonds. The maximum absolute atomic E-state index is 15.4. The Morgan fingerprint density at radius 2 is 1.79 bits per heavy atom. The minimum Gasteiger partial charge on any atom is -0.479 e. The van der Waals surface area contributed by atoms with E-state index >= 15 is 4.39 Å². The molecule has 1 aliphatic heterocycles. The number of benzene rings is 1. The number of piperidine rings is 1. The van der Waals surface area contributed by atoms with Crippen molar-refractivity contribution in [2.45, 2.75) is 72.5 Å². The molecule has 2 aromatic heterocycles. The van der Waals surface area contributed by atoms with Gasteiger partial charge >= 0.3 is 5.97 Å². The number of pyridine rings is 2. The summed E-state index contributed by atoms with van der Waals surface area (Å²) in [6.07, 6.45) is 4.13. The summed E-state index contributed by atoms with van der Waals surface area (Å²) >= 11 is 12.5. The molecule has 7 nitrogen and oxygen atoms in total. The van der Waals surface area contributed by atoms with Crippen molar-refractivity contribution in [3.05, 3.63) is 69.3 Å². The van der Waals surface area contributed by atoms with Crippen LogP contribution in [-0.2, 0) is 16.0 Å². The van der Waals surface area contributed by atoms with Crippen LogP contribution in [0, 0.1) is 18.2 Å². The molecule has 0 radical (unpaired) electrons. The Labute approximate surface area is 257 Å². The fourth-order valence-electron chi connectivity index (χ4n) is 5.10. The van der Waals surface area contributed by atoms with E-state index in [0.29, 0.717) is 57.6 Å². The van der Waals surface area contributed by atoms with E-state index in [1.807, 2.05) is 20.8 Å². The van der Waals surface area contributed by atoms with Gasteiger partial charge in [-0.2, -0.15) is 0 Å². The second kappa shape index (κ2) is 12.7. The van der Waals surface area contributed by atoms with Crippen LogP contribution in [0.4, 0.5) is 10.1 Å². The number of carboxylic acids is 1. The van der Waals surface area contributed by atoms with Gasteiger partial charge in [-0.25, -0.2) is 14.2 Å². The predicted molar refractivity (Wildman–Crippen MR) is 164 cm³/mol. The molecule has 0 saturated carbocycles. The zero-order valence-corrected chi connectivity index (χ0v) is 26.4. The van der Waals surface area contributed by atoms with E-state index in [1.165, 1.54) is 12.3 Å². The van der Waals surface area contributed by atoms with Gasteiger partial charge in [0, 0.05) is 64.3 Å². The second-order valence-corrected chi connectivity index (χ2v) is 13.2. The number of rotatable bonds is 9. The van der Waals surface area contributed by atoms with E-state index in [4.69, 9.17) is 32.7 Å². The number of nitrogens with zero attached hydrogens (tertiary/aromatic N) is 3. The largest absolute Gasteiger partial charge is 0.479 e. The molecular weight excluding hydrogens is 580 g/mol. The van der Waals surface area contributed by atoms with Gasteiger partial charge in [0.25, 0.3) is 0 Å². The maximum Gasteiger partial charge on any atom is 0.337 e. The summed E-state index contributed by atoms with van der Waals surface area (Å²) in [7, 11) is 0. The Bertz CT molecular complexity index is 1430. The third kappa shape index (κ3) is 7.52. The first-order valence-corrected chi connectivity index (χ1v) is 14.8. The molecule has 0 aliphatic carbocycles. The summed E-state index contributed by atoms with van der Waals surface area (Å²) in [5, 5.41) is 11.3. The maximum atomic E-state index is 15.4. The first kappa shape index (κ1) is 32.0. The molecule has 1 aliphatic rings. The summed E-state index contributed by atoms with van der Waals surface area (Å²) in [6.45, 7) is 13.2. The van der Waals surface area contributed by atoms with Crippen molar-refractivity contribution in [2.75, 3.05) is 24.6 Å². The lowest BCUT2D eigenvalue weighted by molar-refractivity contribution is -0.160. The van der Waals surface area contributed by atoms with E-state index in [2.05, 4.69) is 28.7 Å². The van der Waals surface area contributed by atoms with E-state index in [0.717, 1.165) is 18.4 Å². The molecule has 1 atom stereocenters. The number of hydrogen-bond donors (Lipinski definition) is 1. The highest BCUT2D eigenvalue weighted by molar-refractivity contribution is 6.36. The molecular formula is C32H38Cl2FN3O4. The third-order valence-corrected chi connectivity index (χ3v) is 8.16. The minimum atomic E-state index is -1.26.